The van der Waals surface area contributed by atoms with Crippen LogP contribution in [0.25, 0.3) is 11.0 Å². The van der Waals surface area contributed by atoms with Gasteiger partial charge in [-0.2, -0.15) is 18.3 Å². The third-order valence-corrected chi connectivity index (χ3v) is 4.34. The minimum Gasteiger partial charge on any atom is -0.450 e. The van der Waals surface area contributed by atoms with Crippen LogP contribution in [0.15, 0.2) is 42.9 Å². The molecule has 3 aromatic heterocycles. The first-order valence-electron chi connectivity index (χ1n) is 9.19. The molecule has 0 unspecified atom stereocenters. The van der Waals surface area contributed by atoms with Crippen LogP contribution in [0.2, 0.25) is 0 Å². The number of ether oxygens (including phenoxy) is 1. The molecule has 170 valence electrons. The van der Waals surface area contributed by atoms with Crippen molar-refractivity contribution in [1.29, 1.82) is 0 Å². The Bertz CT molecular complexity index is 1330. The van der Waals surface area contributed by atoms with Crippen molar-refractivity contribution >= 4 is 28.6 Å². The lowest BCUT2D eigenvalue weighted by Gasteiger charge is -2.13. The minimum atomic E-state index is -4.75. The molecule has 33 heavy (non-hydrogen) atoms. The maximum absolute atomic E-state index is 14.6. The van der Waals surface area contributed by atoms with Gasteiger partial charge in [-0.3, -0.25) is 5.32 Å². The zero-order chi connectivity index (χ0) is 23.8. The van der Waals surface area contributed by atoms with E-state index in [1.807, 2.05) is 0 Å². The van der Waals surface area contributed by atoms with Gasteiger partial charge in [0.05, 0.1) is 17.1 Å². The molecule has 1 aromatic carbocycles. The largest absolute Gasteiger partial charge is 0.450 e. The number of nitrogens with one attached hydrogen (secondary N) is 3. The lowest BCUT2D eigenvalue weighted by molar-refractivity contribution is -0.136. The number of H-pyrrole nitrogens is 1. The molecular formula is C20H13F5N6O2. The molecule has 4 aromatic rings. The van der Waals surface area contributed by atoms with Crippen LogP contribution in [0.1, 0.15) is 11.1 Å². The van der Waals surface area contributed by atoms with Crippen LogP contribution in [-0.4, -0.2) is 26.2 Å². The van der Waals surface area contributed by atoms with E-state index >= 15 is 0 Å². The Morgan fingerprint density at radius 1 is 1.12 bits per heavy atom. The van der Waals surface area contributed by atoms with E-state index in [0.29, 0.717) is 6.20 Å². The summed E-state index contributed by atoms with van der Waals surface area (Å²) >= 11 is 0. The second-order valence-electron chi connectivity index (χ2n) is 6.80. The van der Waals surface area contributed by atoms with Gasteiger partial charge in [0.15, 0.2) is 23.2 Å². The average molecular weight is 464 g/mol. The summed E-state index contributed by atoms with van der Waals surface area (Å²) in [6.45, 7) is 1.73. The molecule has 0 aliphatic carbocycles. The van der Waals surface area contributed by atoms with Gasteiger partial charge in [-0.25, -0.2) is 18.6 Å². The van der Waals surface area contributed by atoms with Gasteiger partial charge in [-0.05, 0) is 24.6 Å². The van der Waals surface area contributed by atoms with Crippen LogP contribution in [0, 0.1) is 18.6 Å². The van der Waals surface area contributed by atoms with E-state index in [0.717, 1.165) is 30.0 Å². The van der Waals surface area contributed by atoms with Crippen LogP contribution < -0.4 is 15.4 Å². The number of urea groups is 1. The number of aromatic amines is 1. The number of alkyl halides is 3. The number of anilines is 2. The molecule has 0 spiro atoms. The van der Waals surface area contributed by atoms with Crippen molar-refractivity contribution in [2.24, 2.45) is 0 Å². The topological polar surface area (TPSA) is 105 Å². The Balaban J connectivity index is 1.58. The Labute approximate surface area is 181 Å². The summed E-state index contributed by atoms with van der Waals surface area (Å²) in [5.41, 5.74) is -0.821. The molecule has 0 aliphatic heterocycles. The molecule has 0 radical (unpaired) electrons. The number of hydrogen-bond donors (Lipinski definition) is 3. The van der Waals surface area contributed by atoms with Crippen molar-refractivity contribution in [1.82, 2.24) is 20.2 Å². The highest BCUT2D eigenvalue weighted by Gasteiger charge is 2.35. The molecule has 4 rings (SSSR count). The van der Waals surface area contributed by atoms with Crippen LogP contribution in [0.5, 0.6) is 11.5 Å². The SMILES string of the molecule is Cc1cnnc(NC(=O)Nc2cc(F)c(Oc3ccnc4[nH]cc(C(F)(F)F)c34)c(F)c2)c1. The quantitative estimate of drug-likeness (QED) is 0.351. The maximum Gasteiger partial charge on any atom is 0.418 e. The molecule has 0 atom stereocenters. The number of halogens is 5. The Morgan fingerprint density at radius 3 is 2.52 bits per heavy atom. The fourth-order valence-corrected chi connectivity index (χ4v) is 2.98. The van der Waals surface area contributed by atoms with Gasteiger partial charge in [0.1, 0.15) is 11.4 Å². The number of benzene rings is 1. The van der Waals surface area contributed by atoms with Gasteiger partial charge in [0.2, 0.25) is 0 Å². The summed E-state index contributed by atoms with van der Waals surface area (Å²) in [7, 11) is 0. The van der Waals surface area contributed by atoms with Crippen LogP contribution in [-0.2, 0) is 6.18 Å². The van der Waals surface area contributed by atoms with Gasteiger partial charge >= 0.3 is 12.2 Å². The Morgan fingerprint density at radius 2 is 1.85 bits per heavy atom. The molecule has 3 heterocycles. The standard InChI is InChI=1S/C20H13F5N6O2/c1-9-4-15(31-28-7-9)30-19(32)29-10-5-12(21)17(13(22)6-10)33-14-2-3-26-18-16(14)11(8-27-18)20(23,24)25/h2-8H,1H3,(H,26,27)(H2,29,30,31,32). The van der Waals surface area contributed by atoms with E-state index in [9.17, 15) is 26.7 Å². The molecule has 0 aliphatic rings. The fourth-order valence-electron chi connectivity index (χ4n) is 2.98. The highest BCUT2D eigenvalue weighted by Crippen LogP contribution is 2.40. The molecule has 0 bridgehead atoms. The van der Waals surface area contributed by atoms with Gasteiger partial charge in [0, 0.05) is 30.2 Å². The van der Waals surface area contributed by atoms with Crippen molar-refractivity contribution in [3.05, 3.63) is 65.6 Å². The molecular weight excluding hydrogens is 451 g/mol. The molecule has 2 amide bonds. The first-order chi connectivity index (χ1) is 15.6. The van der Waals surface area contributed by atoms with Crippen molar-refractivity contribution in [3.8, 4) is 11.5 Å². The first-order valence-corrected chi connectivity index (χ1v) is 9.19. The van der Waals surface area contributed by atoms with Crippen molar-refractivity contribution in [2.45, 2.75) is 13.1 Å². The minimum absolute atomic E-state index is 0.113. The van der Waals surface area contributed by atoms with Crippen molar-refractivity contribution in [2.75, 3.05) is 10.6 Å². The lowest BCUT2D eigenvalue weighted by atomic mass is 10.2. The van der Waals surface area contributed by atoms with E-state index in [1.54, 1.807) is 6.92 Å². The van der Waals surface area contributed by atoms with E-state index in [-0.39, 0.29) is 17.2 Å². The van der Waals surface area contributed by atoms with E-state index < -0.39 is 46.3 Å². The fraction of sp³-hybridized carbons (Fsp3) is 0.100. The number of carbonyl (C=O) groups excluding carboxylic acids is 1. The Hall–Kier alpha value is -4.29. The van der Waals surface area contributed by atoms with Crippen molar-refractivity contribution in [3.63, 3.8) is 0 Å². The molecule has 8 nitrogen and oxygen atoms in total. The van der Waals surface area contributed by atoms with Crippen molar-refractivity contribution < 1.29 is 31.5 Å². The van der Waals surface area contributed by atoms with Gasteiger partial charge in [-0.15, -0.1) is 5.10 Å². The smallest absolute Gasteiger partial charge is 0.418 e. The number of nitrogens with zero attached hydrogens (tertiary/aromatic N) is 3. The van der Waals surface area contributed by atoms with Crippen LogP contribution in [0.3, 0.4) is 0 Å². The van der Waals surface area contributed by atoms with Crippen LogP contribution in [0.4, 0.5) is 38.3 Å². The van der Waals surface area contributed by atoms with Gasteiger partial charge in [0.25, 0.3) is 0 Å². The molecule has 0 fully saturated rings. The molecule has 3 N–H and O–H groups in total. The molecule has 0 saturated heterocycles. The predicted octanol–water partition coefficient (Wildman–Crippen LogP) is 5.39. The second-order valence-corrected chi connectivity index (χ2v) is 6.80. The van der Waals surface area contributed by atoms with E-state index in [4.69, 9.17) is 4.74 Å². The van der Waals surface area contributed by atoms with E-state index in [2.05, 4.69) is 30.8 Å². The van der Waals surface area contributed by atoms with Gasteiger partial charge in [-0.1, -0.05) is 0 Å². The zero-order valence-electron chi connectivity index (χ0n) is 16.6. The summed E-state index contributed by atoms with van der Waals surface area (Å²) < 4.78 is 74.2. The normalized spacial score (nSPS) is 11.5. The third-order valence-electron chi connectivity index (χ3n) is 4.34. The highest BCUT2D eigenvalue weighted by molar-refractivity contribution is 5.99. The zero-order valence-corrected chi connectivity index (χ0v) is 16.6. The number of aromatic nitrogens is 4. The summed E-state index contributed by atoms with van der Waals surface area (Å²) in [4.78, 5) is 18.2. The highest BCUT2D eigenvalue weighted by atomic mass is 19.4. The lowest BCUT2D eigenvalue weighted by Crippen LogP contribution is -2.20. The number of hydrogen-bond acceptors (Lipinski definition) is 5. The summed E-state index contributed by atoms with van der Waals surface area (Å²) in [5, 5.41) is 11.4. The number of aryl methyl sites for hydroxylation is 1. The number of fused-ring (bicyclic) bond motifs is 1. The third kappa shape index (κ3) is 4.66. The second kappa shape index (κ2) is 8.33. The maximum atomic E-state index is 14.6. The number of pyridine rings is 1. The number of amides is 2. The molecule has 13 heteroatoms. The van der Waals surface area contributed by atoms with Crippen LogP contribution >= 0.6 is 0 Å². The summed E-state index contributed by atoms with van der Waals surface area (Å²) in [6.07, 6.45) is -1.48. The van der Waals surface area contributed by atoms with Gasteiger partial charge < -0.3 is 15.0 Å². The molecule has 0 saturated carbocycles. The predicted molar refractivity (Wildman–Crippen MR) is 107 cm³/mol. The first kappa shape index (κ1) is 21.9. The average Bonchev–Trinajstić information content (AvgIpc) is 3.16. The number of carbonyl (C=O) groups is 1. The summed E-state index contributed by atoms with van der Waals surface area (Å²) in [5.74, 6) is -3.80. The number of rotatable bonds is 4. The Kier molecular flexibility index (Phi) is 5.54. The summed E-state index contributed by atoms with van der Waals surface area (Å²) in [6, 6.07) is 3.23. The monoisotopic (exact) mass is 464 g/mol. The van der Waals surface area contributed by atoms with E-state index in [1.165, 1.54) is 12.3 Å².